The van der Waals surface area contributed by atoms with Gasteiger partial charge in [0, 0.05) is 47.3 Å². The first-order chi connectivity index (χ1) is 23.2. The number of rotatable bonds is 4. The van der Waals surface area contributed by atoms with Crippen molar-refractivity contribution in [3.05, 3.63) is 133 Å². The second kappa shape index (κ2) is 9.79. The smallest absolute Gasteiger partial charge is 0.227 e. The number of nitrogens with zero attached hydrogens (tertiary/aromatic N) is 2. The number of hydrogen-bond acceptors (Lipinski definition) is 4. The molecule has 222 valence electrons. The fourth-order valence-corrected chi connectivity index (χ4v) is 8.43. The molecule has 0 bridgehead atoms. The molecule has 6 aromatic carbocycles. The summed E-state index contributed by atoms with van der Waals surface area (Å²) in [5, 5.41) is 9.37. The molecule has 0 N–H and O–H groups in total. The van der Waals surface area contributed by atoms with E-state index < -0.39 is 0 Å². The minimum Gasteiger partial charge on any atom is -0.456 e. The Hall–Kier alpha value is -5.91. The molecule has 0 aliphatic rings. The van der Waals surface area contributed by atoms with Crippen LogP contribution < -0.4 is 0 Å². The highest BCUT2D eigenvalue weighted by atomic mass is 32.1. The van der Waals surface area contributed by atoms with Crippen molar-refractivity contribution in [2.75, 3.05) is 0 Å². The van der Waals surface area contributed by atoms with Gasteiger partial charge in [-0.2, -0.15) is 0 Å². The summed E-state index contributed by atoms with van der Waals surface area (Å²) in [5.41, 5.74) is 6.74. The van der Waals surface area contributed by atoms with Crippen LogP contribution in [-0.2, 0) is 0 Å². The van der Waals surface area contributed by atoms with Crippen LogP contribution in [0.15, 0.2) is 131 Å². The quantitative estimate of drug-likeness (QED) is 0.196. The van der Waals surface area contributed by atoms with Crippen LogP contribution in [0.4, 0.5) is 0 Å². The zero-order valence-corrected chi connectivity index (χ0v) is 26.3. The van der Waals surface area contributed by atoms with E-state index in [4.69, 9.17) is 13.8 Å². The lowest BCUT2D eigenvalue weighted by atomic mass is 10.0. The molecule has 0 saturated heterocycles. The van der Waals surface area contributed by atoms with Crippen LogP contribution in [0, 0.1) is 0 Å². The van der Waals surface area contributed by atoms with E-state index in [1.807, 2.05) is 42.5 Å². The van der Waals surface area contributed by atoms with Gasteiger partial charge in [-0.15, -0.1) is 11.3 Å². The van der Waals surface area contributed by atoms with Crippen LogP contribution in [-0.4, -0.2) is 9.55 Å². The van der Waals surface area contributed by atoms with Crippen LogP contribution in [0.2, 0.25) is 0 Å². The van der Waals surface area contributed by atoms with E-state index in [1.54, 1.807) is 6.08 Å². The third kappa shape index (κ3) is 3.66. The first-order valence-corrected chi connectivity index (χ1v) is 16.5. The third-order valence-corrected chi connectivity index (χ3v) is 10.4. The zero-order valence-electron chi connectivity index (χ0n) is 25.5. The molecule has 0 amide bonds. The van der Waals surface area contributed by atoms with Gasteiger partial charge in [-0.05, 0) is 66.9 Å². The summed E-state index contributed by atoms with van der Waals surface area (Å²) < 4.78 is 17.9. The highest BCUT2D eigenvalue weighted by Gasteiger charge is 2.24. The second-order valence-electron chi connectivity index (χ2n) is 11.9. The molecule has 0 spiro atoms. The topological polar surface area (TPSA) is 44.1 Å². The molecule has 10 aromatic rings. The zero-order chi connectivity index (χ0) is 31.2. The summed E-state index contributed by atoms with van der Waals surface area (Å²) in [4.78, 5) is 4.78. The van der Waals surface area contributed by atoms with Crippen LogP contribution in [0.1, 0.15) is 18.4 Å². The van der Waals surface area contributed by atoms with Crippen molar-refractivity contribution < 1.29 is 8.83 Å². The Balaban J connectivity index is 1.40. The molecular formula is C42H26N2O2S. The highest BCUT2D eigenvalue weighted by Crippen LogP contribution is 2.47. The molecule has 4 nitrogen and oxygen atoms in total. The first-order valence-electron chi connectivity index (χ1n) is 15.7. The van der Waals surface area contributed by atoms with Gasteiger partial charge in [0.25, 0.3) is 0 Å². The Kier molecular flexibility index (Phi) is 5.48. The third-order valence-electron chi connectivity index (χ3n) is 9.29. The molecule has 0 atom stereocenters. The molecule has 0 unspecified atom stereocenters. The number of para-hydroxylation sites is 1. The summed E-state index contributed by atoms with van der Waals surface area (Å²) in [7, 11) is 0. The summed E-state index contributed by atoms with van der Waals surface area (Å²) in [6.07, 6.45) is 5.59. The molecule has 47 heavy (non-hydrogen) atoms. The van der Waals surface area contributed by atoms with E-state index in [0.29, 0.717) is 11.7 Å². The van der Waals surface area contributed by atoms with Crippen molar-refractivity contribution in [2.45, 2.75) is 6.92 Å². The highest BCUT2D eigenvalue weighted by molar-refractivity contribution is 7.26. The first kappa shape index (κ1) is 26.3. The van der Waals surface area contributed by atoms with E-state index in [9.17, 15) is 0 Å². The standard InChI is InChI=1S/C42H26N2O2S/c1-3-11-34-31(4-2)43-42(46-34)25-18-20-33-30(22-25)38-35(45-33)23-24-12-5-6-13-26(24)40(38)44-32-16-9-7-14-27(32)28-19-21-37-39(41(28)44)29-15-8-10-17-36(29)47-37/h3-23H,2H2,1H3/b11-3-. The van der Waals surface area contributed by atoms with E-state index >= 15 is 0 Å². The maximum absolute atomic E-state index is 6.66. The van der Waals surface area contributed by atoms with Gasteiger partial charge in [0.15, 0.2) is 5.76 Å². The summed E-state index contributed by atoms with van der Waals surface area (Å²) in [6, 6.07) is 39.1. The molecule has 5 heteroatoms. The monoisotopic (exact) mass is 622 g/mol. The number of fused-ring (bicyclic) bond motifs is 11. The normalized spacial score (nSPS) is 12.4. The van der Waals surface area contributed by atoms with Crippen molar-refractivity contribution >= 4 is 98.2 Å². The van der Waals surface area contributed by atoms with Crippen molar-refractivity contribution in [3.8, 4) is 17.1 Å². The lowest BCUT2D eigenvalue weighted by Crippen LogP contribution is -1.97. The van der Waals surface area contributed by atoms with Gasteiger partial charge in [0.05, 0.1) is 22.1 Å². The fraction of sp³-hybridized carbons (Fsp3) is 0.0238. The van der Waals surface area contributed by atoms with Gasteiger partial charge in [0.2, 0.25) is 5.89 Å². The summed E-state index contributed by atoms with van der Waals surface area (Å²) >= 11 is 1.85. The SMILES string of the molecule is C=Cc1nc(-c2ccc3oc4cc5ccccc5c(-n5c6ccccc6c6ccc7sc8ccccc8c7c65)c4c3c2)oc1/C=C\C. The van der Waals surface area contributed by atoms with Gasteiger partial charge in [-0.25, -0.2) is 4.98 Å². The number of allylic oxidation sites excluding steroid dienone is 1. The predicted octanol–water partition coefficient (Wildman–Crippen LogP) is 12.5. The molecule has 0 fully saturated rings. The molecule has 4 aromatic heterocycles. The minimum atomic E-state index is 0.551. The largest absolute Gasteiger partial charge is 0.456 e. The Morgan fingerprint density at radius 1 is 0.702 bits per heavy atom. The Labute approximate surface area is 273 Å². The molecule has 0 aliphatic heterocycles. The number of aromatic nitrogens is 2. The molecule has 0 aliphatic carbocycles. The lowest BCUT2D eigenvalue weighted by Gasteiger charge is -2.14. The lowest BCUT2D eigenvalue weighted by molar-refractivity contribution is 0.564. The van der Waals surface area contributed by atoms with E-state index in [0.717, 1.165) is 55.2 Å². The summed E-state index contributed by atoms with van der Waals surface area (Å²) in [6.45, 7) is 5.91. The Bertz CT molecular complexity index is 2950. The number of thiophene rings is 1. The van der Waals surface area contributed by atoms with Crippen molar-refractivity contribution in [3.63, 3.8) is 0 Å². The second-order valence-corrected chi connectivity index (χ2v) is 13.0. The maximum Gasteiger partial charge on any atom is 0.227 e. The number of oxazole rings is 1. The van der Waals surface area contributed by atoms with Gasteiger partial charge >= 0.3 is 0 Å². The molecule has 10 rings (SSSR count). The average molecular weight is 623 g/mol. The molecular weight excluding hydrogens is 597 g/mol. The van der Waals surface area contributed by atoms with E-state index in [2.05, 4.69) is 108 Å². The van der Waals surface area contributed by atoms with Gasteiger partial charge in [-0.1, -0.05) is 79.4 Å². The van der Waals surface area contributed by atoms with Crippen LogP contribution in [0.5, 0.6) is 0 Å². The molecule has 4 heterocycles. The predicted molar refractivity (Wildman–Crippen MR) is 199 cm³/mol. The fourth-order valence-electron chi connectivity index (χ4n) is 7.32. The van der Waals surface area contributed by atoms with Crippen molar-refractivity contribution in [1.29, 1.82) is 0 Å². The molecule has 0 radical (unpaired) electrons. The maximum atomic E-state index is 6.66. The van der Waals surface area contributed by atoms with Crippen molar-refractivity contribution in [2.24, 2.45) is 0 Å². The van der Waals surface area contributed by atoms with Crippen LogP contribution in [0.3, 0.4) is 0 Å². The number of hydrogen-bond donors (Lipinski definition) is 0. The van der Waals surface area contributed by atoms with Gasteiger partial charge < -0.3 is 13.4 Å². The number of furan rings is 1. The average Bonchev–Trinajstić information content (AvgIpc) is 3.87. The Morgan fingerprint density at radius 3 is 2.38 bits per heavy atom. The van der Waals surface area contributed by atoms with Crippen LogP contribution >= 0.6 is 11.3 Å². The van der Waals surface area contributed by atoms with Gasteiger partial charge in [-0.3, -0.25) is 0 Å². The van der Waals surface area contributed by atoms with Crippen LogP contribution in [0.25, 0.3) is 104 Å². The van der Waals surface area contributed by atoms with Gasteiger partial charge in [0.1, 0.15) is 16.9 Å². The minimum absolute atomic E-state index is 0.551. The van der Waals surface area contributed by atoms with E-state index in [1.165, 1.54) is 36.5 Å². The number of benzene rings is 6. The summed E-state index contributed by atoms with van der Waals surface area (Å²) in [5.74, 6) is 1.24. The Morgan fingerprint density at radius 2 is 1.51 bits per heavy atom. The molecule has 0 saturated carbocycles. The van der Waals surface area contributed by atoms with E-state index in [-0.39, 0.29) is 0 Å². The van der Waals surface area contributed by atoms with Crippen molar-refractivity contribution in [1.82, 2.24) is 9.55 Å².